The lowest BCUT2D eigenvalue weighted by Crippen LogP contribution is -2.35. The summed E-state index contributed by atoms with van der Waals surface area (Å²) in [6.45, 7) is 0. The van der Waals surface area contributed by atoms with Gasteiger partial charge in [0.05, 0.1) is 6.07 Å². The Morgan fingerprint density at radius 1 is 1.70 bits per heavy atom. The second-order valence-electron chi connectivity index (χ2n) is 2.65. The molecule has 0 aliphatic carbocycles. The van der Waals surface area contributed by atoms with Crippen LogP contribution < -0.4 is 5.73 Å². The van der Waals surface area contributed by atoms with E-state index < -0.39 is 0 Å². The zero-order valence-electron chi connectivity index (χ0n) is 5.92. The van der Waals surface area contributed by atoms with Crippen molar-refractivity contribution < 1.29 is 0 Å². The van der Waals surface area contributed by atoms with Gasteiger partial charge >= 0.3 is 0 Å². The molecule has 1 fully saturated rings. The van der Waals surface area contributed by atoms with Crippen molar-refractivity contribution in [2.45, 2.75) is 18.9 Å². The third-order valence-corrected chi connectivity index (χ3v) is 3.07. The van der Waals surface area contributed by atoms with E-state index in [-0.39, 0.29) is 6.04 Å². The van der Waals surface area contributed by atoms with E-state index in [0.717, 1.165) is 12.2 Å². The lowest BCUT2D eigenvalue weighted by Gasteiger charge is -2.25. The van der Waals surface area contributed by atoms with Gasteiger partial charge in [0.15, 0.2) is 0 Å². The summed E-state index contributed by atoms with van der Waals surface area (Å²) in [5, 5.41) is 8.42. The highest BCUT2D eigenvalue weighted by Crippen LogP contribution is 2.23. The molecule has 0 saturated carbocycles. The first-order chi connectivity index (χ1) is 4.84. The Labute approximate surface area is 65.8 Å². The molecule has 0 radical (unpaired) electrons. The summed E-state index contributed by atoms with van der Waals surface area (Å²) >= 11 is 1.92. The Hall–Kier alpha value is -0.200. The largest absolute Gasteiger partial charge is 0.327 e. The van der Waals surface area contributed by atoms with Crippen molar-refractivity contribution in [3.8, 4) is 6.07 Å². The van der Waals surface area contributed by atoms with Gasteiger partial charge in [-0.1, -0.05) is 0 Å². The van der Waals surface area contributed by atoms with Gasteiger partial charge in [0.2, 0.25) is 0 Å². The third kappa shape index (κ3) is 1.89. The summed E-state index contributed by atoms with van der Waals surface area (Å²) in [6.07, 6.45) is 1.71. The Bertz CT molecular complexity index is 141. The van der Waals surface area contributed by atoms with Gasteiger partial charge < -0.3 is 5.73 Å². The number of nitriles is 1. The minimum atomic E-state index is 0.279. The zero-order chi connectivity index (χ0) is 7.40. The topological polar surface area (TPSA) is 49.8 Å². The molecule has 0 spiro atoms. The number of nitrogens with zero attached hydrogens (tertiary/aromatic N) is 1. The molecule has 1 heterocycles. The van der Waals surface area contributed by atoms with Crippen molar-refractivity contribution in [3.63, 3.8) is 0 Å². The van der Waals surface area contributed by atoms with Crippen LogP contribution in [0, 0.1) is 17.2 Å². The molecule has 0 unspecified atom stereocenters. The van der Waals surface area contributed by atoms with Crippen LogP contribution in [0.3, 0.4) is 0 Å². The van der Waals surface area contributed by atoms with Crippen LogP contribution in [-0.2, 0) is 0 Å². The molecule has 1 aliphatic heterocycles. The number of rotatable bonds is 1. The van der Waals surface area contributed by atoms with Crippen molar-refractivity contribution in [2.24, 2.45) is 11.7 Å². The number of thioether (sulfide) groups is 1. The fraction of sp³-hybridized carbons (Fsp3) is 0.857. The highest BCUT2D eigenvalue weighted by atomic mass is 32.2. The van der Waals surface area contributed by atoms with Gasteiger partial charge in [0.25, 0.3) is 0 Å². The van der Waals surface area contributed by atoms with Crippen molar-refractivity contribution >= 4 is 11.8 Å². The summed E-state index contributed by atoms with van der Waals surface area (Å²) < 4.78 is 0. The van der Waals surface area contributed by atoms with Crippen molar-refractivity contribution in [3.05, 3.63) is 0 Å². The molecule has 2 N–H and O–H groups in total. The predicted molar refractivity (Wildman–Crippen MR) is 43.6 cm³/mol. The molecule has 0 aromatic carbocycles. The molecule has 1 aliphatic rings. The molecule has 0 aromatic heterocycles. The van der Waals surface area contributed by atoms with Crippen LogP contribution in [0.25, 0.3) is 0 Å². The van der Waals surface area contributed by atoms with E-state index in [0.29, 0.717) is 12.3 Å². The smallest absolute Gasteiger partial charge is 0.0625 e. The van der Waals surface area contributed by atoms with E-state index in [1.165, 1.54) is 5.75 Å². The third-order valence-electron chi connectivity index (χ3n) is 1.89. The van der Waals surface area contributed by atoms with E-state index in [2.05, 4.69) is 6.07 Å². The van der Waals surface area contributed by atoms with Crippen molar-refractivity contribution in [2.75, 3.05) is 11.5 Å². The quantitative estimate of drug-likeness (QED) is 0.615. The Morgan fingerprint density at radius 3 is 3.10 bits per heavy atom. The number of hydrogen-bond donors (Lipinski definition) is 1. The molecule has 56 valence electrons. The first-order valence-corrected chi connectivity index (χ1v) is 4.70. The molecule has 2 atom stereocenters. The summed E-state index contributed by atoms with van der Waals surface area (Å²) in [5.41, 5.74) is 5.80. The molecule has 3 heteroatoms. The van der Waals surface area contributed by atoms with E-state index in [9.17, 15) is 0 Å². The molecule has 1 rings (SSSR count). The lowest BCUT2D eigenvalue weighted by molar-refractivity contribution is 0.451. The fourth-order valence-corrected chi connectivity index (χ4v) is 2.41. The first kappa shape index (κ1) is 7.90. The maximum Gasteiger partial charge on any atom is 0.0625 e. The number of nitrogens with two attached hydrogens (primary N) is 1. The van der Waals surface area contributed by atoms with E-state index in [1.54, 1.807) is 0 Å². The van der Waals surface area contributed by atoms with E-state index in [4.69, 9.17) is 11.0 Å². The van der Waals surface area contributed by atoms with E-state index in [1.807, 2.05) is 11.8 Å². The molecule has 1 saturated heterocycles. The minimum absolute atomic E-state index is 0.279. The van der Waals surface area contributed by atoms with Crippen LogP contribution in [0.1, 0.15) is 12.8 Å². The van der Waals surface area contributed by atoms with Gasteiger partial charge in [0, 0.05) is 12.5 Å². The van der Waals surface area contributed by atoms with Crippen LogP contribution in [0.5, 0.6) is 0 Å². The Balaban J connectivity index is 2.34. The minimum Gasteiger partial charge on any atom is -0.327 e. The Kier molecular flexibility index (Phi) is 3.04. The van der Waals surface area contributed by atoms with Crippen LogP contribution in [-0.4, -0.2) is 17.5 Å². The summed E-state index contributed by atoms with van der Waals surface area (Å²) in [6, 6.07) is 2.45. The maximum atomic E-state index is 8.42. The molecular weight excluding hydrogens is 144 g/mol. The highest BCUT2D eigenvalue weighted by molar-refractivity contribution is 7.99. The van der Waals surface area contributed by atoms with Gasteiger partial charge in [-0.25, -0.2) is 0 Å². The molecule has 2 nitrogen and oxygen atoms in total. The standard InChI is InChI=1S/C7H12N2S/c8-3-1-6-5-10-4-2-7(6)9/h6-7H,1-2,4-5,9H2/t6-,7-/m0/s1. The molecule has 0 aromatic rings. The second-order valence-corrected chi connectivity index (χ2v) is 3.80. The second kappa shape index (κ2) is 3.85. The highest BCUT2D eigenvalue weighted by Gasteiger charge is 2.21. The summed E-state index contributed by atoms with van der Waals surface area (Å²) in [7, 11) is 0. The SMILES string of the molecule is N#CC[C@H]1CSCC[C@@H]1N. The fourth-order valence-electron chi connectivity index (χ4n) is 1.14. The summed E-state index contributed by atoms with van der Waals surface area (Å²) in [5.74, 6) is 2.70. The lowest BCUT2D eigenvalue weighted by atomic mass is 9.97. The van der Waals surface area contributed by atoms with Gasteiger partial charge in [-0.3, -0.25) is 0 Å². The van der Waals surface area contributed by atoms with Crippen LogP contribution in [0.2, 0.25) is 0 Å². The average molecular weight is 156 g/mol. The predicted octanol–water partition coefficient (Wildman–Crippen LogP) is 0.980. The van der Waals surface area contributed by atoms with E-state index >= 15 is 0 Å². The first-order valence-electron chi connectivity index (χ1n) is 3.55. The molecule has 0 bridgehead atoms. The average Bonchev–Trinajstić information content (AvgIpc) is 1.94. The molecular formula is C7H12N2S. The van der Waals surface area contributed by atoms with Gasteiger partial charge in [0.1, 0.15) is 0 Å². The molecule has 0 amide bonds. The maximum absolute atomic E-state index is 8.42. The normalized spacial score (nSPS) is 33.2. The van der Waals surface area contributed by atoms with Gasteiger partial charge in [-0.05, 0) is 23.8 Å². The number of hydrogen-bond acceptors (Lipinski definition) is 3. The van der Waals surface area contributed by atoms with Crippen LogP contribution in [0.15, 0.2) is 0 Å². The zero-order valence-corrected chi connectivity index (χ0v) is 6.73. The van der Waals surface area contributed by atoms with Crippen LogP contribution >= 0.6 is 11.8 Å². The van der Waals surface area contributed by atoms with Gasteiger partial charge in [-0.2, -0.15) is 17.0 Å². The van der Waals surface area contributed by atoms with Crippen LogP contribution in [0.4, 0.5) is 0 Å². The molecule has 10 heavy (non-hydrogen) atoms. The van der Waals surface area contributed by atoms with Crippen molar-refractivity contribution in [1.82, 2.24) is 0 Å². The van der Waals surface area contributed by atoms with Crippen molar-refractivity contribution in [1.29, 1.82) is 5.26 Å². The Morgan fingerprint density at radius 2 is 2.50 bits per heavy atom. The van der Waals surface area contributed by atoms with Gasteiger partial charge in [-0.15, -0.1) is 0 Å². The monoisotopic (exact) mass is 156 g/mol. The summed E-state index contributed by atoms with van der Waals surface area (Å²) in [4.78, 5) is 0.